The van der Waals surface area contributed by atoms with Crippen LogP contribution in [0.25, 0.3) is 5.76 Å². The second-order valence-corrected chi connectivity index (χ2v) is 6.40. The lowest BCUT2D eigenvalue weighted by molar-refractivity contribution is 0.306. The summed E-state index contributed by atoms with van der Waals surface area (Å²) in [4.78, 5) is 0. The molecule has 5 heteroatoms. The van der Waals surface area contributed by atoms with Gasteiger partial charge in [0.15, 0.2) is 0 Å². The molecule has 1 atom stereocenters. The molecule has 2 heterocycles. The molecule has 0 aliphatic carbocycles. The zero-order valence-electron chi connectivity index (χ0n) is 12.4. The van der Waals surface area contributed by atoms with Gasteiger partial charge >= 0.3 is 0 Å². The molecule has 0 saturated heterocycles. The molecule has 3 nitrogen and oxygen atoms in total. The van der Waals surface area contributed by atoms with Gasteiger partial charge in [0.05, 0.1) is 28.8 Å². The number of fused-ring (bicyclic) bond motifs is 3. The summed E-state index contributed by atoms with van der Waals surface area (Å²) in [6, 6.07) is 15.3. The minimum atomic E-state index is -0.265. The molecule has 0 spiro atoms. The topological polar surface area (TPSA) is 42.2 Å². The molecule has 0 bridgehead atoms. The van der Waals surface area contributed by atoms with Gasteiger partial charge in [0.25, 0.3) is 0 Å². The largest absolute Gasteiger partial charge is 0.487 e. The van der Waals surface area contributed by atoms with E-state index < -0.39 is 0 Å². The molecule has 0 aromatic heterocycles. The Bertz CT molecular complexity index is 926. The fraction of sp³-hybridized carbons (Fsp3) is 0.105. The van der Waals surface area contributed by atoms with Gasteiger partial charge in [-0.15, -0.1) is 0 Å². The van der Waals surface area contributed by atoms with E-state index in [2.05, 4.69) is 6.07 Å². The molecule has 118 valence electrons. The summed E-state index contributed by atoms with van der Waals surface area (Å²) < 4.78 is 11.5. The molecule has 1 unspecified atom stereocenters. The molecule has 0 radical (unpaired) electrons. The molecule has 0 saturated carbocycles. The summed E-state index contributed by atoms with van der Waals surface area (Å²) in [5, 5.41) is 10.8. The van der Waals surface area contributed by atoms with E-state index in [9.17, 15) is 5.26 Å². The van der Waals surface area contributed by atoms with Crippen molar-refractivity contribution in [1.29, 1.82) is 5.26 Å². The van der Waals surface area contributed by atoms with Crippen molar-refractivity contribution in [3.05, 3.63) is 81.0 Å². The third kappa shape index (κ3) is 2.36. The fourth-order valence-electron chi connectivity index (χ4n) is 3.09. The van der Waals surface area contributed by atoms with Crippen molar-refractivity contribution in [3.8, 4) is 11.8 Å². The number of nitriles is 1. The predicted molar refractivity (Wildman–Crippen MR) is 92.8 cm³/mol. The number of hydrogen-bond donors (Lipinski definition) is 0. The Kier molecular flexibility index (Phi) is 3.72. The molecule has 4 rings (SSSR count). The molecule has 0 fully saturated rings. The number of ether oxygens (including phenoxy) is 2. The van der Waals surface area contributed by atoms with Gasteiger partial charge < -0.3 is 9.47 Å². The lowest BCUT2D eigenvalue weighted by Gasteiger charge is -2.32. The van der Waals surface area contributed by atoms with E-state index in [0.29, 0.717) is 33.7 Å². The van der Waals surface area contributed by atoms with Crippen LogP contribution in [0.5, 0.6) is 5.75 Å². The van der Waals surface area contributed by atoms with Crippen LogP contribution in [0.2, 0.25) is 10.0 Å². The molecule has 0 amide bonds. The summed E-state index contributed by atoms with van der Waals surface area (Å²) in [6.45, 7) is 0.326. The van der Waals surface area contributed by atoms with Gasteiger partial charge in [-0.1, -0.05) is 53.5 Å². The summed E-state index contributed by atoms with van der Waals surface area (Å²) in [5.41, 5.74) is 3.04. The smallest absolute Gasteiger partial charge is 0.148 e. The maximum Gasteiger partial charge on any atom is 0.148 e. The Morgan fingerprint density at radius 2 is 1.92 bits per heavy atom. The number of allylic oxidation sites excluding steroid dienone is 1. The van der Waals surface area contributed by atoms with Crippen molar-refractivity contribution in [2.24, 2.45) is 0 Å². The maximum atomic E-state index is 9.80. The van der Waals surface area contributed by atoms with Gasteiger partial charge in [0, 0.05) is 21.7 Å². The Balaban J connectivity index is 1.93. The van der Waals surface area contributed by atoms with Crippen molar-refractivity contribution < 1.29 is 9.47 Å². The third-order valence-corrected chi connectivity index (χ3v) is 4.62. The summed E-state index contributed by atoms with van der Waals surface area (Å²) in [7, 11) is 0. The lowest BCUT2D eigenvalue weighted by atomic mass is 9.81. The van der Waals surface area contributed by atoms with Gasteiger partial charge in [-0.2, -0.15) is 5.26 Å². The highest BCUT2D eigenvalue weighted by Gasteiger charge is 2.36. The van der Waals surface area contributed by atoms with Gasteiger partial charge in [0.1, 0.15) is 18.1 Å². The number of halogens is 2. The summed E-state index contributed by atoms with van der Waals surface area (Å²) in [6.07, 6.45) is 1.66. The van der Waals surface area contributed by atoms with Crippen LogP contribution in [0.15, 0.2) is 59.9 Å². The molecular formula is C19H11Cl2NO2. The average molecular weight is 356 g/mol. The van der Waals surface area contributed by atoms with Crippen LogP contribution >= 0.6 is 23.2 Å². The standard InChI is InChI=1S/C19H11Cl2NO2/c20-13-6-14-17-12(10-24-19(14)16(21)7-13)9-23-18(15(17)8-22)11-4-2-1-3-5-11/h1-7,9,17H,10H2. The van der Waals surface area contributed by atoms with Gasteiger partial charge in [-0.3, -0.25) is 0 Å². The highest BCUT2D eigenvalue weighted by Crippen LogP contribution is 2.49. The van der Waals surface area contributed by atoms with Crippen molar-refractivity contribution >= 4 is 29.0 Å². The van der Waals surface area contributed by atoms with E-state index >= 15 is 0 Å². The van der Waals surface area contributed by atoms with Gasteiger partial charge in [0.2, 0.25) is 0 Å². The molecule has 0 N–H and O–H groups in total. The molecular weight excluding hydrogens is 345 g/mol. The molecule has 2 aliphatic rings. The minimum Gasteiger partial charge on any atom is -0.487 e. The third-order valence-electron chi connectivity index (χ3n) is 4.12. The maximum absolute atomic E-state index is 9.80. The van der Waals surface area contributed by atoms with Crippen LogP contribution in [0.3, 0.4) is 0 Å². The Hall–Kier alpha value is -2.41. The van der Waals surface area contributed by atoms with E-state index in [0.717, 1.165) is 16.7 Å². The monoisotopic (exact) mass is 355 g/mol. The Morgan fingerprint density at radius 3 is 2.67 bits per heavy atom. The van der Waals surface area contributed by atoms with Crippen LogP contribution in [-0.4, -0.2) is 6.61 Å². The van der Waals surface area contributed by atoms with Crippen molar-refractivity contribution in [1.82, 2.24) is 0 Å². The van der Waals surface area contributed by atoms with E-state index in [1.807, 2.05) is 30.3 Å². The number of hydrogen-bond acceptors (Lipinski definition) is 3. The summed E-state index contributed by atoms with van der Waals surface area (Å²) >= 11 is 12.4. The van der Waals surface area contributed by atoms with Crippen molar-refractivity contribution in [2.75, 3.05) is 6.61 Å². The first-order valence-corrected chi connectivity index (χ1v) is 8.11. The molecule has 2 aliphatic heterocycles. The Morgan fingerprint density at radius 1 is 1.12 bits per heavy atom. The second-order valence-electron chi connectivity index (χ2n) is 5.56. The first kappa shape index (κ1) is 15.1. The normalized spacial score (nSPS) is 18.5. The zero-order chi connectivity index (χ0) is 16.7. The van der Waals surface area contributed by atoms with Crippen LogP contribution in [0, 0.1) is 11.3 Å². The van der Waals surface area contributed by atoms with E-state index in [-0.39, 0.29) is 5.92 Å². The first-order valence-electron chi connectivity index (χ1n) is 7.36. The van der Waals surface area contributed by atoms with Gasteiger partial charge in [-0.05, 0) is 12.1 Å². The Labute approximate surface area is 149 Å². The van der Waals surface area contributed by atoms with Crippen molar-refractivity contribution in [3.63, 3.8) is 0 Å². The summed E-state index contributed by atoms with van der Waals surface area (Å²) in [5.74, 6) is 0.861. The molecule has 24 heavy (non-hydrogen) atoms. The van der Waals surface area contributed by atoms with Crippen molar-refractivity contribution in [2.45, 2.75) is 5.92 Å². The van der Waals surface area contributed by atoms with E-state index in [4.69, 9.17) is 32.7 Å². The van der Waals surface area contributed by atoms with Crippen LogP contribution in [0.1, 0.15) is 17.0 Å². The predicted octanol–water partition coefficient (Wildman–Crippen LogP) is 5.32. The van der Waals surface area contributed by atoms with E-state index in [1.165, 1.54) is 0 Å². The average Bonchev–Trinajstić information content (AvgIpc) is 2.61. The number of benzene rings is 2. The highest BCUT2D eigenvalue weighted by molar-refractivity contribution is 6.35. The number of nitrogens with zero attached hydrogens (tertiary/aromatic N) is 1. The highest BCUT2D eigenvalue weighted by atomic mass is 35.5. The minimum absolute atomic E-state index is 0.265. The molecule has 2 aromatic carbocycles. The fourth-order valence-corrected chi connectivity index (χ4v) is 3.65. The van der Waals surface area contributed by atoms with Crippen LogP contribution in [0.4, 0.5) is 0 Å². The number of rotatable bonds is 1. The second kappa shape index (κ2) is 5.90. The lowest BCUT2D eigenvalue weighted by Crippen LogP contribution is -2.23. The molecule has 2 aromatic rings. The van der Waals surface area contributed by atoms with Crippen LogP contribution < -0.4 is 4.74 Å². The zero-order valence-corrected chi connectivity index (χ0v) is 13.9. The first-order chi connectivity index (χ1) is 11.7. The quantitative estimate of drug-likeness (QED) is 0.695. The van der Waals surface area contributed by atoms with Gasteiger partial charge in [-0.25, -0.2) is 0 Å². The van der Waals surface area contributed by atoms with Crippen LogP contribution in [-0.2, 0) is 4.74 Å². The van der Waals surface area contributed by atoms with E-state index in [1.54, 1.807) is 18.4 Å². The SMILES string of the molecule is N#CC1=C(c2ccccc2)OC=C2COc3c(Cl)cc(Cl)cc3C21.